The zero-order chi connectivity index (χ0) is 14.5. The van der Waals surface area contributed by atoms with E-state index < -0.39 is 6.10 Å². The Balaban J connectivity index is 1.98. The molecule has 0 saturated carbocycles. The summed E-state index contributed by atoms with van der Waals surface area (Å²) in [5.74, 6) is 0.833. The first-order chi connectivity index (χ1) is 9.60. The molecule has 0 aliphatic rings. The molecule has 20 heavy (non-hydrogen) atoms. The number of hydrogen-bond donors (Lipinski definition) is 1. The average molecular weight is 270 g/mol. The molecule has 106 valence electrons. The van der Waals surface area contributed by atoms with Crippen LogP contribution in [0.1, 0.15) is 35.3 Å². The Labute approximate surface area is 121 Å². The second-order valence-corrected chi connectivity index (χ2v) is 5.19. The molecule has 0 bridgehead atoms. The molecule has 2 aromatic rings. The van der Waals surface area contributed by atoms with E-state index in [1.165, 1.54) is 11.1 Å². The lowest BCUT2D eigenvalue weighted by atomic mass is 10.1. The Morgan fingerprint density at radius 1 is 1.05 bits per heavy atom. The van der Waals surface area contributed by atoms with E-state index in [0.29, 0.717) is 0 Å². The zero-order valence-corrected chi connectivity index (χ0v) is 12.4. The average Bonchev–Trinajstić information content (AvgIpc) is 2.46. The van der Waals surface area contributed by atoms with Crippen molar-refractivity contribution in [1.82, 2.24) is 0 Å². The van der Waals surface area contributed by atoms with Crippen molar-refractivity contribution in [1.29, 1.82) is 0 Å². The molecule has 0 amide bonds. The molecule has 2 heteroatoms. The molecule has 2 nitrogen and oxygen atoms in total. The minimum atomic E-state index is -0.596. The fraction of sp³-hybridized carbons (Fsp3) is 0.333. The molecule has 2 rings (SSSR count). The molecule has 0 saturated heterocycles. The number of aryl methyl sites for hydroxylation is 3. The van der Waals surface area contributed by atoms with Gasteiger partial charge in [0.25, 0.3) is 0 Å². The minimum Gasteiger partial charge on any atom is -0.490 e. The third-order valence-electron chi connectivity index (χ3n) is 3.50. The molecule has 0 aliphatic carbocycles. The second kappa shape index (κ2) is 6.58. The number of aliphatic hydroxyl groups is 1. The van der Waals surface area contributed by atoms with Crippen LogP contribution >= 0.6 is 0 Å². The maximum atomic E-state index is 10.2. The molecular weight excluding hydrogens is 248 g/mol. The molecule has 0 heterocycles. The van der Waals surface area contributed by atoms with Crippen molar-refractivity contribution < 1.29 is 9.84 Å². The summed E-state index contributed by atoms with van der Waals surface area (Å²) in [5.41, 5.74) is 4.48. The highest BCUT2D eigenvalue weighted by molar-refractivity contribution is 5.35. The predicted octanol–water partition coefficient (Wildman–Crippen LogP) is 3.98. The number of benzene rings is 2. The Morgan fingerprint density at radius 2 is 1.75 bits per heavy atom. The SMILES string of the molecule is CCc1ccc(C(O)COc2ccc(C)cc2C)cc1. The van der Waals surface area contributed by atoms with Crippen LogP contribution in [0.3, 0.4) is 0 Å². The van der Waals surface area contributed by atoms with Gasteiger partial charge < -0.3 is 9.84 Å². The Bertz CT molecular complexity index is 558. The molecule has 1 atom stereocenters. The molecule has 1 unspecified atom stereocenters. The summed E-state index contributed by atoms with van der Waals surface area (Å²) in [7, 11) is 0. The monoisotopic (exact) mass is 270 g/mol. The van der Waals surface area contributed by atoms with E-state index in [1.54, 1.807) is 0 Å². The van der Waals surface area contributed by atoms with E-state index in [-0.39, 0.29) is 6.61 Å². The molecule has 0 aliphatic heterocycles. The first-order valence-electron chi connectivity index (χ1n) is 7.07. The van der Waals surface area contributed by atoms with Gasteiger partial charge in [0.2, 0.25) is 0 Å². The molecule has 0 fully saturated rings. The molecule has 0 aromatic heterocycles. The van der Waals surface area contributed by atoms with Gasteiger partial charge in [0, 0.05) is 0 Å². The molecule has 0 spiro atoms. The molecule has 0 radical (unpaired) electrons. The van der Waals surface area contributed by atoms with Crippen molar-refractivity contribution in [2.24, 2.45) is 0 Å². The van der Waals surface area contributed by atoms with Crippen LogP contribution in [0.2, 0.25) is 0 Å². The van der Waals surface area contributed by atoms with Gasteiger partial charge >= 0.3 is 0 Å². The van der Waals surface area contributed by atoms with Crippen LogP contribution in [0.15, 0.2) is 42.5 Å². The number of rotatable bonds is 5. The molecule has 1 N–H and O–H groups in total. The highest BCUT2D eigenvalue weighted by atomic mass is 16.5. The lowest BCUT2D eigenvalue weighted by Crippen LogP contribution is -2.10. The van der Waals surface area contributed by atoms with Gasteiger partial charge in [0.1, 0.15) is 18.5 Å². The standard InChI is InChI=1S/C18H22O2/c1-4-15-6-8-16(9-7-15)17(19)12-20-18-10-5-13(2)11-14(18)3/h5-11,17,19H,4,12H2,1-3H3. The summed E-state index contributed by atoms with van der Waals surface area (Å²) >= 11 is 0. The van der Waals surface area contributed by atoms with Crippen LogP contribution in [0, 0.1) is 13.8 Å². The maximum absolute atomic E-state index is 10.2. The number of ether oxygens (including phenoxy) is 1. The van der Waals surface area contributed by atoms with Crippen molar-refractivity contribution >= 4 is 0 Å². The van der Waals surface area contributed by atoms with Gasteiger partial charge in [-0.05, 0) is 43.0 Å². The van der Waals surface area contributed by atoms with Crippen molar-refractivity contribution in [3.63, 3.8) is 0 Å². The van der Waals surface area contributed by atoms with Crippen molar-refractivity contribution in [3.05, 3.63) is 64.7 Å². The van der Waals surface area contributed by atoms with Crippen LogP contribution in [0.5, 0.6) is 5.75 Å². The Morgan fingerprint density at radius 3 is 2.35 bits per heavy atom. The normalized spacial score (nSPS) is 12.2. The third-order valence-corrected chi connectivity index (χ3v) is 3.50. The van der Waals surface area contributed by atoms with E-state index in [0.717, 1.165) is 23.3 Å². The fourth-order valence-corrected chi connectivity index (χ4v) is 2.20. The molecule has 2 aromatic carbocycles. The van der Waals surface area contributed by atoms with Gasteiger partial charge in [-0.1, -0.05) is 48.9 Å². The van der Waals surface area contributed by atoms with Gasteiger partial charge in [-0.25, -0.2) is 0 Å². The van der Waals surface area contributed by atoms with Gasteiger partial charge in [-0.3, -0.25) is 0 Å². The minimum absolute atomic E-state index is 0.273. The van der Waals surface area contributed by atoms with Gasteiger partial charge in [0.15, 0.2) is 0 Å². The number of aliphatic hydroxyl groups excluding tert-OH is 1. The van der Waals surface area contributed by atoms with E-state index >= 15 is 0 Å². The molecular formula is C18H22O2. The van der Waals surface area contributed by atoms with Crippen molar-refractivity contribution in [2.45, 2.75) is 33.3 Å². The topological polar surface area (TPSA) is 29.5 Å². The number of hydrogen-bond acceptors (Lipinski definition) is 2. The summed E-state index contributed by atoms with van der Waals surface area (Å²) in [6, 6.07) is 14.1. The summed E-state index contributed by atoms with van der Waals surface area (Å²) < 4.78 is 5.71. The smallest absolute Gasteiger partial charge is 0.122 e. The predicted molar refractivity (Wildman–Crippen MR) is 82.2 cm³/mol. The first kappa shape index (κ1) is 14.6. The van der Waals surface area contributed by atoms with E-state index in [2.05, 4.69) is 32.0 Å². The first-order valence-corrected chi connectivity index (χ1v) is 7.07. The van der Waals surface area contributed by atoms with Gasteiger partial charge in [-0.15, -0.1) is 0 Å². The Hall–Kier alpha value is -1.80. The van der Waals surface area contributed by atoms with Crippen LogP contribution in [-0.4, -0.2) is 11.7 Å². The van der Waals surface area contributed by atoms with Crippen molar-refractivity contribution in [2.75, 3.05) is 6.61 Å². The summed E-state index contributed by atoms with van der Waals surface area (Å²) in [5, 5.41) is 10.2. The third kappa shape index (κ3) is 3.61. The maximum Gasteiger partial charge on any atom is 0.122 e. The summed E-state index contributed by atoms with van der Waals surface area (Å²) in [6.45, 7) is 6.47. The Kier molecular flexibility index (Phi) is 4.80. The van der Waals surface area contributed by atoms with Crippen LogP contribution < -0.4 is 4.74 Å². The fourth-order valence-electron chi connectivity index (χ4n) is 2.20. The lowest BCUT2D eigenvalue weighted by Gasteiger charge is -2.15. The summed E-state index contributed by atoms with van der Waals surface area (Å²) in [4.78, 5) is 0. The van der Waals surface area contributed by atoms with E-state index in [4.69, 9.17) is 4.74 Å². The van der Waals surface area contributed by atoms with E-state index in [9.17, 15) is 5.11 Å². The van der Waals surface area contributed by atoms with Crippen LogP contribution in [-0.2, 0) is 6.42 Å². The second-order valence-electron chi connectivity index (χ2n) is 5.19. The van der Waals surface area contributed by atoms with Gasteiger partial charge in [-0.2, -0.15) is 0 Å². The highest BCUT2D eigenvalue weighted by Crippen LogP contribution is 2.21. The lowest BCUT2D eigenvalue weighted by molar-refractivity contribution is 0.108. The van der Waals surface area contributed by atoms with Crippen molar-refractivity contribution in [3.8, 4) is 5.75 Å². The van der Waals surface area contributed by atoms with E-state index in [1.807, 2.05) is 31.2 Å². The van der Waals surface area contributed by atoms with Gasteiger partial charge in [0.05, 0.1) is 0 Å². The van der Waals surface area contributed by atoms with Crippen LogP contribution in [0.25, 0.3) is 0 Å². The quantitative estimate of drug-likeness (QED) is 0.890. The highest BCUT2D eigenvalue weighted by Gasteiger charge is 2.09. The largest absolute Gasteiger partial charge is 0.490 e. The van der Waals surface area contributed by atoms with Crippen LogP contribution in [0.4, 0.5) is 0 Å². The summed E-state index contributed by atoms with van der Waals surface area (Å²) in [6.07, 6.45) is 0.414. The zero-order valence-electron chi connectivity index (χ0n) is 12.4.